The number of quaternary nitrogens is 2. The number of aromatic hydroxyl groups is 1. The molecule has 0 heterocycles. The average molecular weight is 1400 g/mol. The van der Waals surface area contributed by atoms with Crippen LogP contribution >= 0.6 is 23.5 Å². The van der Waals surface area contributed by atoms with Crippen molar-refractivity contribution in [3.05, 3.63) is 215 Å². The highest BCUT2D eigenvalue weighted by Crippen LogP contribution is 2.35. The fourth-order valence-corrected chi connectivity index (χ4v) is 16.5. The van der Waals surface area contributed by atoms with Crippen molar-refractivity contribution in [2.24, 2.45) is 0 Å². The van der Waals surface area contributed by atoms with Crippen LogP contribution in [-0.2, 0) is 65.6 Å². The molecule has 1 atom stereocenters. The van der Waals surface area contributed by atoms with E-state index >= 15 is 0 Å². The fraction of sp³-hybridized carbons (Fsp3) is 0.324. The van der Waals surface area contributed by atoms with Crippen LogP contribution in [0.3, 0.4) is 0 Å². The molecule has 23 heteroatoms. The van der Waals surface area contributed by atoms with Gasteiger partial charge in [0, 0.05) is 29.6 Å². The van der Waals surface area contributed by atoms with E-state index in [1.165, 1.54) is 55.6 Å². The third-order valence-electron chi connectivity index (χ3n) is 15.9. The highest BCUT2D eigenvalue weighted by Gasteiger charge is 2.23. The van der Waals surface area contributed by atoms with Gasteiger partial charge in [-0.15, -0.1) is 0 Å². The standard InChI is InChI=1S/C71H82N2O15S6/c1-53(90-45-42-73(4,5)40-9-47-92(78,79)80)48-59-52-57(16-38-71(59)88-65-27-35-68(36-28-65)93(81,82)66-29-21-61(85-6)22-30-66)50-56-15-37-70(58(51-56)10-7-43-89-44-41-72(2,3)39-8-46-91(75,76)77)87-64-25-33-69(34-26-64)94(83,84)67-31-23-63(24-32-67)86-62-19-13-55(14-20-62)49-54-11-17-60(74)18-12-54/h11-38,51-53H,7-10,39-50H2,1-6H3,(H-2,74,75,76,77,78,79,80)/p+2. The molecule has 8 rings (SSSR count). The third-order valence-corrected chi connectivity index (χ3v) is 23.3. The van der Waals surface area contributed by atoms with Gasteiger partial charge in [-0.1, -0.05) is 55.5 Å². The number of aryl methyl sites for hydroxylation is 1. The Bertz CT molecular complexity index is 4250. The number of methoxy groups -OCH3 is 1. The van der Waals surface area contributed by atoms with Crippen molar-refractivity contribution in [1.29, 1.82) is 0 Å². The highest BCUT2D eigenvalue weighted by atomic mass is 32.2. The summed E-state index contributed by atoms with van der Waals surface area (Å²) in [5, 5.41) is 9.75. The Hall–Kier alpha value is -6.90. The van der Waals surface area contributed by atoms with E-state index in [1.807, 2.05) is 101 Å². The Morgan fingerprint density at radius 2 is 0.798 bits per heavy atom. The smallest absolute Gasteiger partial charge is 0.265 e. The predicted molar refractivity (Wildman–Crippen MR) is 374 cm³/mol. The lowest BCUT2D eigenvalue weighted by atomic mass is 9.97. The molecule has 0 aliphatic heterocycles. The molecule has 0 amide bonds. The van der Waals surface area contributed by atoms with E-state index in [-0.39, 0.29) is 42.1 Å². The molecule has 17 nitrogen and oxygen atoms in total. The van der Waals surface area contributed by atoms with Crippen molar-refractivity contribution in [3.8, 4) is 46.0 Å². The van der Waals surface area contributed by atoms with E-state index in [4.69, 9.17) is 18.9 Å². The SMILES string of the molecule is COc1ccc(S(=O)(=O)c2ccc(Oc3ccc(Cc4ccc(Oc5ccc(S(=O)(=O)c6ccc(Oc7ccc(Cc8ccc(O)cc8)cc7)cc6)cc5)c(CCCSCC[N+](C)(C)CCCS(=O)(=O)O)c4)cc3CC(C)SCC[N+](C)(C)CCCS(=O)(=O)O)cc2)cc1. The monoisotopic (exact) mass is 1400 g/mol. The number of phenols is 1. The van der Waals surface area contributed by atoms with Crippen LogP contribution in [0, 0.1) is 0 Å². The van der Waals surface area contributed by atoms with Crippen LogP contribution in [0.1, 0.15) is 59.6 Å². The molecule has 0 bridgehead atoms. The molecular formula is C71H84N2O15S6+2. The second-order valence-electron chi connectivity index (χ2n) is 24.6. The van der Waals surface area contributed by atoms with E-state index < -0.39 is 39.9 Å². The molecule has 8 aromatic carbocycles. The lowest BCUT2D eigenvalue weighted by Gasteiger charge is -2.30. The van der Waals surface area contributed by atoms with Gasteiger partial charge >= 0.3 is 0 Å². The molecule has 0 radical (unpaired) electrons. The lowest BCUT2D eigenvalue weighted by molar-refractivity contribution is -0.887. The molecule has 0 aliphatic carbocycles. The second-order valence-corrected chi connectivity index (χ2v) is 34.4. The van der Waals surface area contributed by atoms with Crippen LogP contribution in [0.4, 0.5) is 0 Å². The number of phenolic OH excluding ortho intramolecular Hbond substituents is 1. The summed E-state index contributed by atoms with van der Waals surface area (Å²) in [7, 11) is -6.11. The summed E-state index contributed by atoms with van der Waals surface area (Å²) in [6.45, 7) is 4.94. The van der Waals surface area contributed by atoms with Crippen LogP contribution < -0.4 is 18.9 Å². The third kappa shape index (κ3) is 22.9. The van der Waals surface area contributed by atoms with Crippen molar-refractivity contribution in [2.75, 3.05) is 90.2 Å². The number of nitrogens with zero attached hydrogens (tertiary/aromatic N) is 2. The number of sulfone groups is 2. The molecule has 0 aliphatic rings. The fourth-order valence-electron chi connectivity index (χ4n) is 10.5. The molecule has 0 fully saturated rings. The highest BCUT2D eigenvalue weighted by molar-refractivity contribution is 8.00. The zero-order valence-electron chi connectivity index (χ0n) is 53.8. The quantitative estimate of drug-likeness (QED) is 0.0188. The molecule has 8 aromatic rings. The molecule has 0 saturated heterocycles. The molecule has 0 spiro atoms. The Balaban J connectivity index is 0.983. The van der Waals surface area contributed by atoms with Crippen molar-refractivity contribution >= 4 is 63.4 Å². The summed E-state index contributed by atoms with van der Waals surface area (Å²) in [5.41, 5.74) is 6.09. The summed E-state index contributed by atoms with van der Waals surface area (Å²) in [6.07, 6.45) is 4.07. The molecule has 1 unspecified atom stereocenters. The minimum absolute atomic E-state index is 0.0955. The van der Waals surface area contributed by atoms with Gasteiger partial charge in [0.2, 0.25) is 19.7 Å². The summed E-state index contributed by atoms with van der Waals surface area (Å²) in [6, 6.07) is 52.2. The normalized spacial score (nSPS) is 12.7. The van der Waals surface area contributed by atoms with Gasteiger partial charge < -0.3 is 33.0 Å². The zero-order chi connectivity index (χ0) is 67.7. The minimum Gasteiger partial charge on any atom is -0.508 e. The molecule has 94 heavy (non-hydrogen) atoms. The molecule has 0 saturated carbocycles. The molecule has 3 N–H and O–H groups in total. The maximum Gasteiger partial charge on any atom is 0.265 e. The van der Waals surface area contributed by atoms with Gasteiger partial charge in [-0.25, -0.2) is 16.8 Å². The van der Waals surface area contributed by atoms with Crippen LogP contribution in [0.25, 0.3) is 0 Å². The number of ether oxygens (including phenoxy) is 4. The van der Waals surface area contributed by atoms with Crippen molar-refractivity contribution < 1.29 is 75.8 Å². The first-order valence-corrected chi connectivity index (χ1v) is 39.2. The van der Waals surface area contributed by atoms with E-state index in [0.717, 1.165) is 70.1 Å². The number of thioether (sulfide) groups is 2. The molecule has 0 aromatic heterocycles. The van der Waals surface area contributed by atoms with E-state index in [2.05, 4.69) is 19.1 Å². The van der Waals surface area contributed by atoms with Crippen LogP contribution in [0.5, 0.6) is 46.0 Å². The first-order chi connectivity index (χ1) is 44.5. The van der Waals surface area contributed by atoms with Gasteiger partial charge in [0.05, 0.1) is 92.6 Å². The van der Waals surface area contributed by atoms with Gasteiger partial charge in [0.1, 0.15) is 46.0 Å². The van der Waals surface area contributed by atoms with Crippen molar-refractivity contribution in [1.82, 2.24) is 0 Å². The molecular weight excluding hydrogens is 1310 g/mol. The summed E-state index contributed by atoms with van der Waals surface area (Å²) < 4.78 is 145. The van der Waals surface area contributed by atoms with Gasteiger partial charge in [-0.2, -0.15) is 40.4 Å². The maximum absolute atomic E-state index is 14.0. The average Bonchev–Trinajstić information content (AvgIpc) is 0.818. The Morgan fingerprint density at radius 1 is 0.426 bits per heavy atom. The zero-order valence-corrected chi connectivity index (χ0v) is 58.7. The number of hydrogen-bond acceptors (Lipinski definition) is 15. The first kappa shape index (κ1) is 72.9. The topological polar surface area (TPSA) is 234 Å². The van der Waals surface area contributed by atoms with E-state index in [0.29, 0.717) is 101 Å². The largest absolute Gasteiger partial charge is 0.508 e. The van der Waals surface area contributed by atoms with Crippen LogP contribution in [0.15, 0.2) is 202 Å². The van der Waals surface area contributed by atoms with Gasteiger partial charge in [0.15, 0.2) is 0 Å². The van der Waals surface area contributed by atoms with Crippen LogP contribution in [0.2, 0.25) is 0 Å². The van der Waals surface area contributed by atoms with Gasteiger partial charge in [0.25, 0.3) is 20.2 Å². The van der Waals surface area contributed by atoms with Crippen molar-refractivity contribution in [3.63, 3.8) is 0 Å². The Morgan fingerprint density at radius 3 is 1.24 bits per heavy atom. The Kier molecular flexibility index (Phi) is 25.4. The van der Waals surface area contributed by atoms with E-state index in [9.17, 15) is 47.9 Å². The number of benzene rings is 8. The first-order valence-electron chi connectivity index (χ1n) is 30.8. The lowest BCUT2D eigenvalue weighted by Crippen LogP contribution is -2.43. The summed E-state index contributed by atoms with van der Waals surface area (Å²) in [4.78, 5) is 0.451. The summed E-state index contributed by atoms with van der Waals surface area (Å²) in [5.74, 6) is 5.93. The second kappa shape index (κ2) is 32.7. The van der Waals surface area contributed by atoms with Crippen molar-refractivity contribution in [2.45, 2.75) is 76.7 Å². The molecule has 502 valence electrons. The predicted octanol–water partition coefficient (Wildman–Crippen LogP) is 13.7. The van der Waals surface area contributed by atoms with Gasteiger partial charge in [-0.05, 0) is 205 Å². The van der Waals surface area contributed by atoms with Gasteiger partial charge in [-0.3, -0.25) is 9.11 Å². The maximum atomic E-state index is 14.0. The summed E-state index contributed by atoms with van der Waals surface area (Å²) >= 11 is 3.60. The van der Waals surface area contributed by atoms with Crippen LogP contribution in [-0.4, -0.2) is 152 Å². The van der Waals surface area contributed by atoms with E-state index in [1.54, 1.807) is 72.4 Å². The number of hydrogen-bond donors (Lipinski definition) is 3. The number of rotatable bonds is 36. The Labute approximate surface area is 563 Å². The minimum atomic E-state index is -4.05.